The summed E-state index contributed by atoms with van der Waals surface area (Å²) in [7, 11) is 0. The molecule has 0 fully saturated rings. The Hall–Kier alpha value is -3.00. The smallest absolute Gasteiger partial charge is 0.258 e. The van der Waals surface area contributed by atoms with Crippen LogP contribution in [0.4, 0.5) is 0 Å². The van der Waals surface area contributed by atoms with Crippen molar-refractivity contribution in [2.75, 3.05) is 0 Å². The van der Waals surface area contributed by atoms with Crippen LogP contribution in [0.2, 0.25) is 0 Å². The fourth-order valence-corrected chi connectivity index (χ4v) is 2.73. The summed E-state index contributed by atoms with van der Waals surface area (Å²) in [4.78, 5) is 8.57. The number of para-hydroxylation sites is 2. The van der Waals surface area contributed by atoms with Crippen molar-refractivity contribution in [1.29, 1.82) is 0 Å². The van der Waals surface area contributed by atoms with Crippen molar-refractivity contribution in [2.24, 2.45) is 0 Å². The van der Waals surface area contributed by atoms with Gasteiger partial charge in [-0.15, -0.1) is 0 Å². The molecule has 1 aromatic carbocycles. The van der Waals surface area contributed by atoms with Crippen LogP contribution >= 0.6 is 0 Å². The minimum absolute atomic E-state index is 0.0899. The van der Waals surface area contributed by atoms with Gasteiger partial charge in [0, 0.05) is 13.0 Å². The van der Waals surface area contributed by atoms with Gasteiger partial charge in [-0.2, -0.15) is 9.71 Å². The molecule has 8 nitrogen and oxygen atoms in total. The minimum Gasteiger partial charge on any atom is -0.618 e. The van der Waals surface area contributed by atoms with Gasteiger partial charge >= 0.3 is 0 Å². The normalized spacial score (nSPS) is 12.3. The van der Waals surface area contributed by atoms with Crippen LogP contribution in [0, 0.1) is 12.1 Å². The van der Waals surface area contributed by atoms with Crippen LogP contribution in [-0.2, 0) is 5.60 Å². The van der Waals surface area contributed by atoms with Crippen molar-refractivity contribution in [1.82, 2.24) is 19.5 Å². The summed E-state index contributed by atoms with van der Waals surface area (Å²) in [5.74, 6) is 0.320. The molecular formula is C16H15N5O3. The molecule has 8 heteroatoms. The van der Waals surface area contributed by atoms with Crippen LogP contribution in [0.5, 0.6) is 0 Å². The Morgan fingerprint density at radius 3 is 2.75 bits per heavy atom. The molecule has 3 heterocycles. The summed E-state index contributed by atoms with van der Waals surface area (Å²) in [6, 6.07) is 7.28. The lowest BCUT2D eigenvalue weighted by Gasteiger charge is -2.09. The number of fused-ring (bicyclic) bond motifs is 3. The highest BCUT2D eigenvalue weighted by Crippen LogP contribution is 2.27. The predicted molar refractivity (Wildman–Crippen MR) is 84.9 cm³/mol. The van der Waals surface area contributed by atoms with Gasteiger partial charge in [-0.1, -0.05) is 17.3 Å². The molecule has 3 aromatic heterocycles. The minimum atomic E-state index is -1.25. The van der Waals surface area contributed by atoms with E-state index in [0.717, 1.165) is 10.2 Å². The highest BCUT2D eigenvalue weighted by Gasteiger charge is 2.27. The molecule has 0 amide bonds. The van der Waals surface area contributed by atoms with Crippen molar-refractivity contribution < 1.29 is 14.4 Å². The van der Waals surface area contributed by atoms with Gasteiger partial charge in [0.15, 0.2) is 0 Å². The summed E-state index contributed by atoms with van der Waals surface area (Å²) in [6.45, 7) is 4.83. The van der Waals surface area contributed by atoms with Crippen molar-refractivity contribution in [2.45, 2.75) is 26.4 Å². The Labute approximate surface area is 136 Å². The standard InChI is InChI=1S/C16H15N5O3/c1-9-13-12(14-18-15(24-19-14)16(2,3)22)17-8-20(13)10-6-4-5-7-11(10)21(9)23/h4-8,22H,1-3H3. The largest absolute Gasteiger partial charge is 0.618 e. The fourth-order valence-electron chi connectivity index (χ4n) is 2.73. The van der Waals surface area contributed by atoms with Gasteiger partial charge in [0.05, 0.1) is 0 Å². The van der Waals surface area contributed by atoms with Crippen LogP contribution in [0.15, 0.2) is 35.1 Å². The molecule has 0 bridgehead atoms. The molecule has 4 rings (SSSR count). The third-order valence-corrected chi connectivity index (χ3v) is 3.94. The van der Waals surface area contributed by atoms with E-state index in [0.29, 0.717) is 22.4 Å². The first-order valence-electron chi connectivity index (χ1n) is 7.43. The Balaban J connectivity index is 2.03. The van der Waals surface area contributed by atoms with Gasteiger partial charge in [-0.05, 0) is 19.9 Å². The average Bonchev–Trinajstić information content (AvgIpc) is 3.18. The van der Waals surface area contributed by atoms with Crippen molar-refractivity contribution in [3.8, 4) is 11.5 Å². The van der Waals surface area contributed by atoms with E-state index in [1.807, 2.05) is 22.6 Å². The summed E-state index contributed by atoms with van der Waals surface area (Å²) in [5.41, 5.74) is 1.56. The predicted octanol–water partition coefficient (Wildman–Crippen LogP) is 1.71. The molecular weight excluding hydrogens is 310 g/mol. The molecule has 0 unspecified atom stereocenters. The van der Waals surface area contributed by atoms with Crippen molar-refractivity contribution >= 4 is 16.6 Å². The molecule has 0 saturated carbocycles. The van der Waals surface area contributed by atoms with Crippen LogP contribution in [0.1, 0.15) is 25.4 Å². The molecule has 4 aromatic rings. The molecule has 0 radical (unpaired) electrons. The van der Waals surface area contributed by atoms with E-state index in [2.05, 4.69) is 15.1 Å². The van der Waals surface area contributed by atoms with Gasteiger partial charge in [-0.3, -0.25) is 4.40 Å². The van der Waals surface area contributed by atoms with E-state index in [-0.39, 0.29) is 11.7 Å². The number of aromatic nitrogens is 5. The lowest BCUT2D eigenvalue weighted by atomic mass is 10.1. The number of benzene rings is 1. The van der Waals surface area contributed by atoms with E-state index >= 15 is 0 Å². The topological polar surface area (TPSA) is 103 Å². The summed E-state index contributed by atoms with van der Waals surface area (Å²) in [6.07, 6.45) is 1.63. The Morgan fingerprint density at radius 2 is 2.04 bits per heavy atom. The lowest BCUT2D eigenvalue weighted by Crippen LogP contribution is -2.32. The fraction of sp³-hybridized carbons (Fsp3) is 0.250. The van der Waals surface area contributed by atoms with Crippen molar-refractivity contribution in [3.05, 3.63) is 47.4 Å². The molecule has 24 heavy (non-hydrogen) atoms. The van der Waals surface area contributed by atoms with E-state index < -0.39 is 5.60 Å². The van der Waals surface area contributed by atoms with Gasteiger partial charge < -0.3 is 14.8 Å². The van der Waals surface area contributed by atoms with Crippen LogP contribution in [-0.4, -0.2) is 24.6 Å². The second-order valence-corrected chi connectivity index (χ2v) is 6.16. The van der Waals surface area contributed by atoms with Crippen molar-refractivity contribution in [3.63, 3.8) is 0 Å². The number of imidazole rings is 1. The highest BCUT2D eigenvalue weighted by molar-refractivity contribution is 5.82. The van der Waals surface area contributed by atoms with Gasteiger partial charge in [0.25, 0.3) is 5.89 Å². The SMILES string of the molecule is Cc1c2c(-c3noc(C(C)(C)O)n3)ncn2c2ccccc2[n+]1[O-]. The average molecular weight is 325 g/mol. The molecule has 0 spiro atoms. The van der Waals surface area contributed by atoms with Gasteiger partial charge in [0.1, 0.15) is 28.7 Å². The number of aliphatic hydroxyl groups is 1. The Morgan fingerprint density at radius 1 is 1.29 bits per heavy atom. The highest BCUT2D eigenvalue weighted by atomic mass is 16.5. The first-order valence-corrected chi connectivity index (χ1v) is 7.43. The summed E-state index contributed by atoms with van der Waals surface area (Å²) < 4.78 is 7.81. The van der Waals surface area contributed by atoms with E-state index in [4.69, 9.17) is 4.52 Å². The molecule has 0 aliphatic carbocycles. The molecule has 0 saturated heterocycles. The first kappa shape index (κ1) is 14.6. The maximum Gasteiger partial charge on any atom is 0.258 e. The Kier molecular flexibility index (Phi) is 2.88. The molecule has 0 atom stereocenters. The number of nitrogens with zero attached hydrogens (tertiary/aromatic N) is 5. The second kappa shape index (κ2) is 4.75. The van der Waals surface area contributed by atoms with E-state index in [9.17, 15) is 10.3 Å². The van der Waals surface area contributed by atoms with E-state index in [1.165, 1.54) is 0 Å². The van der Waals surface area contributed by atoms with Crippen LogP contribution in [0.25, 0.3) is 28.1 Å². The summed E-state index contributed by atoms with van der Waals surface area (Å²) >= 11 is 0. The monoisotopic (exact) mass is 325 g/mol. The summed E-state index contributed by atoms with van der Waals surface area (Å²) in [5, 5.41) is 26.4. The molecule has 122 valence electrons. The third-order valence-electron chi connectivity index (χ3n) is 3.94. The lowest BCUT2D eigenvalue weighted by molar-refractivity contribution is -0.583. The first-order chi connectivity index (χ1) is 11.4. The maximum absolute atomic E-state index is 12.6. The van der Waals surface area contributed by atoms with Crippen LogP contribution in [0.3, 0.4) is 0 Å². The number of hydrogen-bond acceptors (Lipinski definition) is 6. The van der Waals surface area contributed by atoms with Crippen LogP contribution < -0.4 is 4.73 Å². The maximum atomic E-state index is 12.6. The molecule has 0 aliphatic heterocycles. The third kappa shape index (κ3) is 1.96. The number of aryl methyl sites for hydroxylation is 1. The molecule has 0 aliphatic rings. The second-order valence-electron chi connectivity index (χ2n) is 6.16. The van der Waals surface area contributed by atoms with Gasteiger partial charge in [-0.25, -0.2) is 4.98 Å². The number of hydrogen-bond donors (Lipinski definition) is 1. The van der Waals surface area contributed by atoms with E-state index in [1.54, 1.807) is 33.2 Å². The quantitative estimate of drug-likeness (QED) is 0.444. The Bertz CT molecular complexity index is 1070. The zero-order valence-corrected chi connectivity index (χ0v) is 13.4. The number of rotatable bonds is 2. The zero-order valence-electron chi connectivity index (χ0n) is 13.4. The molecule has 1 N–H and O–H groups in total. The zero-order chi connectivity index (χ0) is 17.1. The van der Waals surface area contributed by atoms with Gasteiger partial charge in [0.2, 0.25) is 17.0 Å².